The number of nitrogens with zero attached hydrogens (tertiary/aromatic N) is 1. The van der Waals surface area contributed by atoms with Gasteiger partial charge in [-0.25, -0.2) is 5.84 Å². The number of carbonyl (C=O) groups excluding carboxylic acids is 1. The van der Waals surface area contributed by atoms with Crippen molar-refractivity contribution in [1.82, 2.24) is 10.4 Å². The van der Waals surface area contributed by atoms with Crippen LogP contribution in [0, 0.1) is 6.92 Å². The number of carbonyl (C=O) groups is 1. The lowest BCUT2D eigenvalue weighted by Crippen LogP contribution is -2.18. The number of benzene rings is 1. The molecule has 1 heterocycles. The van der Waals surface area contributed by atoms with Crippen molar-refractivity contribution in [2.45, 2.75) is 32.3 Å². The second-order valence-corrected chi connectivity index (χ2v) is 5.56. The van der Waals surface area contributed by atoms with Gasteiger partial charge in [0.1, 0.15) is 12.4 Å². The van der Waals surface area contributed by atoms with E-state index in [9.17, 15) is 0 Å². The molecule has 1 amide bonds. The van der Waals surface area contributed by atoms with Crippen LogP contribution >= 0.6 is 0 Å². The summed E-state index contributed by atoms with van der Waals surface area (Å²) in [5.74, 6) is 5.99. The van der Waals surface area contributed by atoms with Gasteiger partial charge in [-0.1, -0.05) is 12.1 Å². The fraction of sp³-hybridized carbons (Fsp3) is 0.333. The molecule has 0 unspecified atom stereocenters. The number of anilines is 1. The van der Waals surface area contributed by atoms with Crippen molar-refractivity contribution < 1.29 is 9.53 Å². The van der Waals surface area contributed by atoms with E-state index < -0.39 is 0 Å². The molecule has 0 bridgehead atoms. The molecule has 1 aromatic carbocycles. The van der Waals surface area contributed by atoms with Crippen LogP contribution in [0.15, 0.2) is 36.5 Å². The van der Waals surface area contributed by atoms with E-state index in [4.69, 9.17) is 9.53 Å². The van der Waals surface area contributed by atoms with Gasteiger partial charge < -0.3 is 10.1 Å². The molecule has 3 rings (SSSR count). The standard InChI is InChI=1S/C17H20N2O.CH4N2O/c1-12-17(7-4-10-19-12)20-11-15-14(13-8-9-13)5-3-6-16(15)18-2;2-3-1-4/h3-7,10,13,18H,8-9,11H2,1-2H3;1H,2H2,(H,3,4). The highest BCUT2D eigenvalue weighted by Gasteiger charge is 2.27. The van der Waals surface area contributed by atoms with Gasteiger partial charge in [-0.3, -0.25) is 15.2 Å². The lowest BCUT2D eigenvalue weighted by Gasteiger charge is -2.16. The molecular weight excluding hydrogens is 304 g/mol. The van der Waals surface area contributed by atoms with E-state index in [0.717, 1.165) is 23.0 Å². The van der Waals surface area contributed by atoms with Crippen LogP contribution in [0.25, 0.3) is 0 Å². The van der Waals surface area contributed by atoms with Crippen LogP contribution in [0.5, 0.6) is 5.75 Å². The lowest BCUT2D eigenvalue weighted by molar-refractivity contribution is -0.109. The number of nitrogens with one attached hydrogen (secondary N) is 2. The predicted octanol–water partition coefficient (Wildman–Crippen LogP) is 2.49. The third-order valence-electron chi connectivity index (χ3n) is 3.90. The van der Waals surface area contributed by atoms with Gasteiger partial charge in [-0.05, 0) is 49.4 Å². The van der Waals surface area contributed by atoms with Gasteiger partial charge in [0, 0.05) is 24.5 Å². The van der Waals surface area contributed by atoms with E-state index >= 15 is 0 Å². The normalized spacial score (nSPS) is 12.6. The molecule has 1 aliphatic carbocycles. The van der Waals surface area contributed by atoms with Crippen LogP contribution in [-0.4, -0.2) is 18.4 Å². The second-order valence-electron chi connectivity index (χ2n) is 5.56. The third kappa shape index (κ3) is 4.70. The SMILES string of the molecule is CNc1cccc(C2CC2)c1COc1cccnc1C.NNC=O. The van der Waals surface area contributed by atoms with Crippen molar-refractivity contribution in [1.29, 1.82) is 0 Å². The van der Waals surface area contributed by atoms with Gasteiger partial charge in [0.25, 0.3) is 0 Å². The summed E-state index contributed by atoms with van der Waals surface area (Å²) in [4.78, 5) is 13.2. The van der Waals surface area contributed by atoms with Crippen LogP contribution in [0.3, 0.4) is 0 Å². The van der Waals surface area contributed by atoms with Crippen LogP contribution < -0.4 is 21.3 Å². The first kappa shape index (κ1) is 17.7. The molecule has 6 nitrogen and oxygen atoms in total. The summed E-state index contributed by atoms with van der Waals surface area (Å²) in [6.45, 7) is 2.57. The molecule has 0 saturated heterocycles. The Morgan fingerprint density at radius 3 is 2.67 bits per heavy atom. The van der Waals surface area contributed by atoms with Crippen molar-refractivity contribution in [3.8, 4) is 5.75 Å². The minimum atomic E-state index is 0.403. The Balaban J connectivity index is 0.000000471. The summed E-state index contributed by atoms with van der Waals surface area (Å²) in [5.41, 5.74) is 6.55. The van der Waals surface area contributed by atoms with Crippen molar-refractivity contribution in [3.05, 3.63) is 53.3 Å². The molecule has 1 saturated carbocycles. The predicted molar refractivity (Wildman–Crippen MR) is 94.7 cm³/mol. The molecular formula is C18H24N4O2. The highest BCUT2D eigenvalue weighted by molar-refractivity contribution is 5.56. The van der Waals surface area contributed by atoms with Gasteiger partial charge in [0.05, 0.1) is 5.69 Å². The molecule has 128 valence electrons. The van der Waals surface area contributed by atoms with Crippen LogP contribution in [0.1, 0.15) is 35.6 Å². The minimum absolute atomic E-state index is 0.403. The molecule has 1 fully saturated rings. The average molecular weight is 328 g/mol. The van der Waals surface area contributed by atoms with E-state index in [1.807, 2.05) is 26.1 Å². The summed E-state index contributed by atoms with van der Waals surface area (Å²) < 4.78 is 5.98. The fourth-order valence-electron chi connectivity index (χ4n) is 2.55. The number of rotatable bonds is 6. The summed E-state index contributed by atoms with van der Waals surface area (Å²) in [6, 6.07) is 10.3. The van der Waals surface area contributed by atoms with Crippen molar-refractivity contribution >= 4 is 12.1 Å². The Morgan fingerprint density at radius 2 is 2.08 bits per heavy atom. The topological polar surface area (TPSA) is 89.3 Å². The average Bonchev–Trinajstić information content (AvgIpc) is 3.46. The lowest BCUT2D eigenvalue weighted by atomic mass is 10.0. The first-order chi connectivity index (χ1) is 11.7. The maximum Gasteiger partial charge on any atom is 0.221 e. The number of aryl methyl sites for hydroxylation is 1. The molecule has 0 spiro atoms. The first-order valence-electron chi connectivity index (χ1n) is 7.95. The second kappa shape index (κ2) is 8.88. The Bertz CT molecular complexity index is 672. The van der Waals surface area contributed by atoms with Crippen LogP contribution in [0.4, 0.5) is 5.69 Å². The molecule has 6 heteroatoms. The first-order valence-corrected chi connectivity index (χ1v) is 7.95. The molecule has 0 aliphatic heterocycles. The van der Waals surface area contributed by atoms with Gasteiger partial charge in [-0.2, -0.15) is 0 Å². The van der Waals surface area contributed by atoms with E-state index in [1.54, 1.807) is 11.6 Å². The Kier molecular flexibility index (Phi) is 6.57. The molecule has 1 aromatic heterocycles. The van der Waals surface area contributed by atoms with Crippen molar-refractivity contribution in [3.63, 3.8) is 0 Å². The Morgan fingerprint density at radius 1 is 1.33 bits per heavy atom. The summed E-state index contributed by atoms with van der Waals surface area (Å²) in [7, 11) is 1.96. The van der Waals surface area contributed by atoms with Gasteiger partial charge in [0.15, 0.2) is 0 Å². The summed E-state index contributed by atoms with van der Waals surface area (Å²) in [6.07, 6.45) is 4.79. The van der Waals surface area contributed by atoms with Gasteiger partial charge in [-0.15, -0.1) is 0 Å². The summed E-state index contributed by atoms with van der Waals surface area (Å²) >= 11 is 0. The number of pyridine rings is 1. The zero-order chi connectivity index (χ0) is 17.4. The van der Waals surface area contributed by atoms with E-state index in [-0.39, 0.29) is 0 Å². The van der Waals surface area contributed by atoms with Crippen LogP contribution in [-0.2, 0) is 11.4 Å². The monoisotopic (exact) mass is 328 g/mol. The zero-order valence-electron chi connectivity index (χ0n) is 14.1. The maximum atomic E-state index is 8.94. The Hall–Kier alpha value is -2.60. The van der Waals surface area contributed by atoms with E-state index in [2.05, 4.69) is 34.3 Å². The van der Waals surface area contributed by atoms with Gasteiger partial charge in [0.2, 0.25) is 6.41 Å². The quantitative estimate of drug-likeness (QED) is 0.328. The number of aromatic nitrogens is 1. The van der Waals surface area contributed by atoms with Crippen LogP contribution in [0.2, 0.25) is 0 Å². The molecule has 24 heavy (non-hydrogen) atoms. The summed E-state index contributed by atoms with van der Waals surface area (Å²) in [5, 5.41) is 3.27. The number of hydrogen-bond donors (Lipinski definition) is 3. The Labute approximate surface area is 142 Å². The molecule has 4 N–H and O–H groups in total. The number of hydrazine groups is 1. The van der Waals surface area contributed by atoms with Gasteiger partial charge >= 0.3 is 0 Å². The minimum Gasteiger partial charge on any atom is -0.487 e. The third-order valence-corrected chi connectivity index (χ3v) is 3.90. The molecule has 0 radical (unpaired) electrons. The van der Waals surface area contributed by atoms with E-state index in [1.165, 1.54) is 24.0 Å². The molecule has 2 aromatic rings. The molecule has 0 atom stereocenters. The number of hydrogen-bond acceptors (Lipinski definition) is 5. The van der Waals surface area contributed by atoms with Crippen molar-refractivity contribution in [2.24, 2.45) is 5.84 Å². The smallest absolute Gasteiger partial charge is 0.221 e. The van der Waals surface area contributed by atoms with Crippen molar-refractivity contribution in [2.75, 3.05) is 12.4 Å². The highest BCUT2D eigenvalue weighted by atomic mass is 16.5. The number of ether oxygens (including phenoxy) is 1. The number of amides is 1. The zero-order valence-corrected chi connectivity index (χ0v) is 14.1. The largest absolute Gasteiger partial charge is 0.487 e. The number of nitrogens with two attached hydrogens (primary N) is 1. The molecule has 1 aliphatic rings. The highest BCUT2D eigenvalue weighted by Crippen LogP contribution is 2.43. The maximum absolute atomic E-state index is 8.94. The van der Waals surface area contributed by atoms with E-state index in [0.29, 0.717) is 13.0 Å². The fourth-order valence-corrected chi connectivity index (χ4v) is 2.55.